The van der Waals surface area contributed by atoms with Crippen LogP contribution in [0.2, 0.25) is 0 Å². The van der Waals surface area contributed by atoms with Crippen LogP contribution in [0.5, 0.6) is 0 Å². The molecular weight excluding hydrogens is 433 g/mol. The number of nitro groups is 1. The van der Waals surface area contributed by atoms with Crippen molar-refractivity contribution >= 4 is 45.1 Å². The Hall–Kier alpha value is -4.60. The number of ether oxygens (including phenoxy) is 1. The molecule has 33 heavy (non-hydrogen) atoms. The third-order valence-corrected chi connectivity index (χ3v) is 4.96. The lowest BCUT2D eigenvalue weighted by atomic mass is 10.1. The van der Waals surface area contributed by atoms with Gasteiger partial charge in [0, 0.05) is 22.5 Å². The van der Waals surface area contributed by atoms with Crippen molar-refractivity contribution in [3.05, 3.63) is 92.9 Å². The van der Waals surface area contributed by atoms with Gasteiger partial charge in [0.2, 0.25) is 5.82 Å². The molecule has 1 aromatic heterocycles. The molecule has 0 aliphatic rings. The number of halogens is 1. The van der Waals surface area contributed by atoms with Crippen LogP contribution in [-0.2, 0) is 20.9 Å². The summed E-state index contributed by atoms with van der Waals surface area (Å²) in [6.07, 6.45) is 0. The van der Waals surface area contributed by atoms with Gasteiger partial charge in [-0.1, -0.05) is 24.3 Å². The summed E-state index contributed by atoms with van der Waals surface area (Å²) in [5.74, 6) is -2.52. The molecule has 0 radical (unpaired) electrons. The number of carbonyl (C=O) groups is 2. The molecule has 1 N–H and O–H groups in total. The quantitative estimate of drug-likeness (QED) is 0.209. The second kappa shape index (κ2) is 8.87. The molecule has 4 aromatic rings. The Labute approximate surface area is 185 Å². The van der Waals surface area contributed by atoms with Crippen molar-refractivity contribution in [1.29, 1.82) is 0 Å². The highest BCUT2D eigenvalue weighted by atomic mass is 19.1. The fourth-order valence-corrected chi connectivity index (χ4v) is 3.50. The summed E-state index contributed by atoms with van der Waals surface area (Å²) in [4.78, 5) is 47.3. The SMILES string of the molecule is O=C(COC(=O)Cn1c2ccccc2c(=O)c2ccccc21)Nc1ccc(F)c([N+](=O)[O-])c1. The predicted molar refractivity (Wildman–Crippen MR) is 118 cm³/mol. The number of para-hydroxylation sites is 2. The van der Waals surface area contributed by atoms with Gasteiger partial charge in [0.05, 0.1) is 16.0 Å². The lowest BCUT2D eigenvalue weighted by Crippen LogP contribution is -2.24. The first-order chi connectivity index (χ1) is 15.8. The largest absolute Gasteiger partial charge is 0.454 e. The monoisotopic (exact) mass is 449 g/mol. The third kappa shape index (κ3) is 4.40. The van der Waals surface area contributed by atoms with E-state index < -0.39 is 34.9 Å². The van der Waals surface area contributed by atoms with E-state index in [0.717, 1.165) is 18.2 Å². The first-order valence-electron chi connectivity index (χ1n) is 9.75. The number of rotatable bonds is 6. The zero-order chi connectivity index (χ0) is 23.5. The number of benzene rings is 3. The van der Waals surface area contributed by atoms with Gasteiger partial charge in [-0.15, -0.1) is 0 Å². The summed E-state index contributed by atoms with van der Waals surface area (Å²) in [6, 6.07) is 16.6. The Morgan fingerprint density at radius 2 is 1.61 bits per heavy atom. The molecule has 0 bridgehead atoms. The van der Waals surface area contributed by atoms with Crippen LogP contribution in [0.3, 0.4) is 0 Å². The second-order valence-corrected chi connectivity index (χ2v) is 7.08. The zero-order valence-electron chi connectivity index (χ0n) is 17.0. The highest BCUT2D eigenvalue weighted by Crippen LogP contribution is 2.22. The van der Waals surface area contributed by atoms with Gasteiger partial charge >= 0.3 is 11.7 Å². The summed E-state index contributed by atoms with van der Waals surface area (Å²) in [7, 11) is 0. The van der Waals surface area contributed by atoms with Crippen LogP contribution in [0.25, 0.3) is 21.8 Å². The van der Waals surface area contributed by atoms with Crippen LogP contribution in [0.15, 0.2) is 71.5 Å². The molecule has 166 valence electrons. The van der Waals surface area contributed by atoms with E-state index in [9.17, 15) is 28.9 Å². The lowest BCUT2D eigenvalue weighted by molar-refractivity contribution is -0.387. The Kier molecular flexibility index (Phi) is 5.81. The molecule has 0 atom stereocenters. The van der Waals surface area contributed by atoms with Crippen LogP contribution in [0.4, 0.5) is 15.8 Å². The maximum atomic E-state index is 13.4. The number of anilines is 1. The topological polar surface area (TPSA) is 121 Å². The summed E-state index contributed by atoms with van der Waals surface area (Å²) in [6.45, 7) is -0.906. The molecule has 1 heterocycles. The van der Waals surface area contributed by atoms with Crippen LogP contribution in [0, 0.1) is 15.9 Å². The number of nitrogens with zero attached hydrogens (tertiary/aromatic N) is 2. The van der Waals surface area contributed by atoms with Gasteiger partial charge in [-0.3, -0.25) is 24.5 Å². The summed E-state index contributed by atoms with van der Waals surface area (Å²) < 4.78 is 20.1. The minimum Gasteiger partial charge on any atom is -0.454 e. The van der Waals surface area contributed by atoms with E-state index in [1.165, 1.54) is 0 Å². The molecule has 0 spiro atoms. The Morgan fingerprint density at radius 1 is 1.00 bits per heavy atom. The fraction of sp³-hybridized carbons (Fsp3) is 0.0870. The highest BCUT2D eigenvalue weighted by Gasteiger charge is 2.17. The van der Waals surface area contributed by atoms with Crippen LogP contribution in [0.1, 0.15) is 0 Å². The van der Waals surface area contributed by atoms with E-state index in [-0.39, 0.29) is 17.7 Å². The van der Waals surface area contributed by atoms with Crippen molar-refractivity contribution in [2.45, 2.75) is 6.54 Å². The van der Waals surface area contributed by atoms with E-state index >= 15 is 0 Å². The average Bonchev–Trinajstić information content (AvgIpc) is 2.81. The standard InChI is InChI=1S/C23H16FN3O6/c24-17-10-9-14(11-20(17)27(31)32)25-21(28)13-33-22(29)12-26-18-7-3-1-5-15(18)23(30)16-6-2-4-8-19(16)26/h1-11H,12-13H2,(H,25,28). The van der Waals surface area contributed by atoms with Crippen molar-refractivity contribution in [2.75, 3.05) is 11.9 Å². The molecular formula is C23H16FN3O6. The lowest BCUT2D eigenvalue weighted by Gasteiger charge is -2.14. The van der Waals surface area contributed by atoms with Gasteiger partial charge in [-0.05, 0) is 36.4 Å². The van der Waals surface area contributed by atoms with E-state index in [1.807, 2.05) is 0 Å². The van der Waals surface area contributed by atoms with Crippen molar-refractivity contribution in [3.8, 4) is 0 Å². The van der Waals surface area contributed by atoms with E-state index in [1.54, 1.807) is 53.1 Å². The zero-order valence-corrected chi connectivity index (χ0v) is 17.0. The van der Waals surface area contributed by atoms with Crippen molar-refractivity contribution in [2.24, 2.45) is 0 Å². The van der Waals surface area contributed by atoms with Gasteiger partial charge in [0.15, 0.2) is 12.0 Å². The number of aromatic nitrogens is 1. The Balaban J connectivity index is 1.50. The smallest absolute Gasteiger partial charge is 0.326 e. The fourth-order valence-electron chi connectivity index (χ4n) is 3.50. The van der Waals surface area contributed by atoms with Crippen LogP contribution in [-0.4, -0.2) is 28.0 Å². The number of hydrogen-bond acceptors (Lipinski definition) is 6. The van der Waals surface area contributed by atoms with Gasteiger partial charge < -0.3 is 14.6 Å². The van der Waals surface area contributed by atoms with Gasteiger partial charge in [-0.25, -0.2) is 0 Å². The number of carbonyl (C=O) groups excluding carboxylic acids is 2. The van der Waals surface area contributed by atoms with Crippen LogP contribution < -0.4 is 10.7 Å². The number of hydrogen-bond donors (Lipinski definition) is 1. The first kappa shape index (κ1) is 21.6. The van der Waals surface area contributed by atoms with Crippen molar-refractivity contribution in [3.63, 3.8) is 0 Å². The molecule has 3 aromatic carbocycles. The Morgan fingerprint density at radius 3 is 2.21 bits per heavy atom. The minimum atomic E-state index is -1.04. The summed E-state index contributed by atoms with van der Waals surface area (Å²) >= 11 is 0. The van der Waals surface area contributed by atoms with Gasteiger partial charge in [0.1, 0.15) is 6.54 Å². The number of nitro benzene ring substituents is 1. The van der Waals surface area contributed by atoms with E-state index in [2.05, 4.69) is 5.32 Å². The second-order valence-electron chi connectivity index (χ2n) is 7.08. The average molecular weight is 449 g/mol. The van der Waals surface area contributed by atoms with Gasteiger partial charge in [0.25, 0.3) is 5.91 Å². The number of amides is 1. The molecule has 0 saturated heterocycles. The van der Waals surface area contributed by atoms with E-state index in [4.69, 9.17) is 4.74 Å². The number of fused-ring (bicyclic) bond motifs is 2. The van der Waals surface area contributed by atoms with Crippen LogP contribution >= 0.6 is 0 Å². The molecule has 0 unspecified atom stereocenters. The normalized spacial score (nSPS) is 10.8. The molecule has 9 nitrogen and oxygen atoms in total. The number of nitrogens with one attached hydrogen (secondary N) is 1. The summed E-state index contributed by atoms with van der Waals surface area (Å²) in [5, 5.41) is 14.0. The molecule has 0 aliphatic carbocycles. The highest BCUT2D eigenvalue weighted by molar-refractivity contribution is 5.95. The Bertz CT molecular complexity index is 1420. The van der Waals surface area contributed by atoms with Crippen molar-refractivity contribution < 1.29 is 23.6 Å². The van der Waals surface area contributed by atoms with Gasteiger partial charge in [-0.2, -0.15) is 4.39 Å². The first-order valence-corrected chi connectivity index (χ1v) is 9.75. The minimum absolute atomic E-state index is 0.0125. The number of esters is 1. The predicted octanol–water partition coefficient (Wildman–Crippen LogP) is 3.38. The molecule has 0 fully saturated rings. The molecule has 1 amide bonds. The maximum Gasteiger partial charge on any atom is 0.326 e. The number of pyridine rings is 1. The van der Waals surface area contributed by atoms with E-state index in [0.29, 0.717) is 21.8 Å². The maximum absolute atomic E-state index is 13.4. The third-order valence-electron chi connectivity index (χ3n) is 4.96. The molecule has 10 heteroatoms. The molecule has 4 rings (SSSR count). The van der Waals surface area contributed by atoms with Crippen molar-refractivity contribution in [1.82, 2.24) is 4.57 Å². The molecule has 0 aliphatic heterocycles. The summed E-state index contributed by atoms with van der Waals surface area (Å²) in [5.41, 5.74) is 0.129. The molecule has 0 saturated carbocycles.